The average molecular weight is 676 g/mol. The third-order valence-electron chi connectivity index (χ3n) is 3.28. The predicted molar refractivity (Wildman–Crippen MR) is 113 cm³/mol. The molecule has 31 heavy (non-hydrogen) atoms. The van der Waals surface area contributed by atoms with Gasteiger partial charge in [-0.1, -0.05) is 89.4 Å². The monoisotopic (exact) mass is 674 g/mol. The van der Waals surface area contributed by atoms with Crippen LogP contribution in [0.4, 0.5) is 0 Å². The Labute approximate surface area is 212 Å². The van der Waals surface area contributed by atoms with E-state index in [4.69, 9.17) is 34.8 Å². The Morgan fingerprint density at radius 2 is 0.677 bits per heavy atom. The van der Waals surface area contributed by atoms with Crippen molar-refractivity contribution in [2.75, 3.05) is 0 Å². The van der Waals surface area contributed by atoms with Crippen molar-refractivity contribution in [1.82, 2.24) is 0 Å². The van der Waals surface area contributed by atoms with Gasteiger partial charge in [-0.2, -0.15) is 0 Å². The Balaban J connectivity index is 0.000000429. The smallest absolute Gasteiger partial charge is 0.545 e. The van der Waals surface area contributed by atoms with Gasteiger partial charge in [0.2, 0.25) is 0 Å². The quantitative estimate of drug-likeness (QED) is 0.391. The summed E-state index contributed by atoms with van der Waals surface area (Å²) >= 11 is 16.5. The van der Waals surface area contributed by atoms with Crippen LogP contribution in [0, 0.1) is 0 Å². The van der Waals surface area contributed by atoms with Crippen molar-refractivity contribution in [3.05, 3.63) is 105 Å². The first-order chi connectivity index (χ1) is 14.1. The number of halogens is 3. The van der Waals surface area contributed by atoms with Gasteiger partial charge in [0.05, 0.1) is 17.9 Å². The second-order valence-electron chi connectivity index (χ2n) is 5.30. The van der Waals surface area contributed by atoms with Crippen molar-refractivity contribution in [3.63, 3.8) is 0 Å². The molecule has 2 radical (unpaired) electrons. The van der Waals surface area contributed by atoms with Crippen LogP contribution in [0.2, 0.25) is 15.1 Å². The van der Waals surface area contributed by atoms with Crippen LogP contribution in [0.25, 0.3) is 0 Å². The molecule has 0 saturated heterocycles. The molecule has 0 saturated carbocycles. The van der Waals surface area contributed by atoms with Gasteiger partial charge in [0, 0.05) is 31.8 Å². The van der Waals surface area contributed by atoms with E-state index in [1.165, 1.54) is 36.4 Å². The normalized spacial score (nSPS) is 9.00. The first-order valence-electron chi connectivity index (χ1n) is 8.02. The van der Waals surface area contributed by atoms with Gasteiger partial charge in [0.25, 0.3) is 0 Å². The SMILES string of the molecule is O=C([O-])c1ccccc1Cl.O=C([O-])c1ccccc1Cl.O=C([O-])c1ccccc1Cl.[Bi+3]. The van der Waals surface area contributed by atoms with Crippen molar-refractivity contribution < 1.29 is 29.7 Å². The summed E-state index contributed by atoms with van der Waals surface area (Å²) in [4.78, 5) is 30.7. The molecule has 0 aliphatic carbocycles. The molecule has 0 atom stereocenters. The number of carbonyl (C=O) groups excluding carboxylic acids is 3. The van der Waals surface area contributed by atoms with Gasteiger partial charge in [-0.3, -0.25) is 0 Å². The number of hydrogen-bond acceptors (Lipinski definition) is 6. The van der Waals surface area contributed by atoms with Gasteiger partial charge < -0.3 is 29.7 Å². The molecule has 0 aliphatic heterocycles. The number of aromatic carboxylic acids is 3. The number of carboxylic acids is 3. The molecule has 0 N–H and O–H groups in total. The third-order valence-corrected chi connectivity index (χ3v) is 4.27. The summed E-state index contributed by atoms with van der Waals surface area (Å²) in [6.07, 6.45) is 0. The minimum absolute atomic E-state index is 0. The van der Waals surface area contributed by atoms with E-state index in [-0.39, 0.29) is 58.0 Å². The zero-order valence-corrected chi connectivity index (χ0v) is 21.2. The third kappa shape index (κ3) is 10.1. The molecule has 0 fully saturated rings. The molecule has 0 spiro atoms. The van der Waals surface area contributed by atoms with Crippen molar-refractivity contribution in [1.29, 1.82) is 0 Å². The molecule has 0 bridgehead atoms. The Morgan fingerprint density at radius 3 is 0.806 bits per heavy atom. The van der Waals surface area contributed by atoms with Crippen LogP contribution in [-0.4, -0.2) is 44.1 Å². The summed E-state index contributed by atoms with van der Waals surface area (Å²) in [5, 5.41) is 31.3. The largest absolute Gasteiger partial charge is 3.00 e. The molecule has 6 nitrogen and oxygen atoms in total. The van der Waals surface area contributed by atoms with Gasteiger partial charge in [-0.25, -0.2) is 0 Å². The number of hydrogen-bond donors (Lipinski definition) is 0. The second-order valence-corrected chi connectivity index (χ2v) is 6.52. The number of rotatable bonds is 3. The van der Waals surface area contributed by atoms with Gasteiger partial charge >= 0.3 is 26.2 Å². The van der Waals surface area contributed by atoms with Crippen LogP contribution in [0.3, 0.4) is 0 Å². The number of benzene rings is 3. The molecule has 3 aromatic carbocycles. The molecule has 0 aromatic heterocycles. The first-order valence-corrected chi connectivity index (χ1v) is 9.16. The maximum atomic E-state index is 10.2. The molecular formula is C21H12BiCl3O6. The fraction of sp³-hybridized carbons (Fsp3) is 0. The average Bonchev–Trinajstić information content (AvgIpc) is 2.69. The fourth-order valence-electron chi connectivity index (χ4n) is 1.88. The topological polar surface area (TPSA) is 120 Å². The van der Waals surface area contributed by atoms with Gasteiger partial charge in [-0.15, -0.1) is 0 Å². The van der Waals surface area contributed by atoms with Crippen LogP contribution in [0.15, 0.2) is 72.8 Å². The van der Waals surface area contributed by atoms with E-state index in [2.05, 4.69) is 0 Å². The fourth-order valence-corrected chi connectivity index (χ4v) is 2.52. The Bertz CT molecular complexity index is 911. The predicted octanol–water partition coefficient (Wildman–Crippen LogP) is 1.73. The second kappa shape index (κ2) is 14.8. The zero-order valence-electron chi connectivity index (χ0n) is 15.5. The maximum Gasteiger partial charge on any atom is 3.00 e. The van der Waals surface area contributed by atoms with E-state index >= 15 is 0 Å². The first kappa shape index (κ1) is 28.8. The van der Waals surface area contributed by atoms with Crippen molar-refractivity contribution >= 4 is 78.9 Å². The summed E-state index contributed by atoms with van der Waals surface area (Å²) in [6, 6.07) is 18.5. The van der Waals surface area contributed by atoms with E-state index in [9.17, 15) is 29.7 Å². The van der Waals surface area contributed by atoms with Gasteiger partial charge in [-0.05, 0) is 18.2 Å². The molecular weight excluding hydrogens is 664 g/mol. The van der Waals surface area contributed by atoms with Gasteiger partial charge in [0.1, 0.15) is 0 Å². The van der Waals surface area contributed by atoms with Crippen LogP contribution >= 0.6 is 34.8 Å². The molecule has 0 amide bonds. The summed E-state index contributed by atoms with van der Waals surface area (Å²) in [5.74, 6) is -3.73. The summed E-state index contributed by atoms with van der Waals surface area (Å²) in [5.41, 5.74) is 0.0949. The van der Waals surface area contributed by atoms with E-state index in [0.29, 0.717) is 0 Å². The number of carboxylic acid groups (broad SMARTS) is 3. The Morgan fingerprint density at radius 1 is 0.484 bits per heavy atom. The summed E-state index contributed by atoms with van der Waals surface area (Å²) < 4.78 is 0. The van der Waals surface area contributed by atoms with Crippen LogP contribution < -0.4 is 15.3 Å². The molecule has 0 unspecified atom stereocenters. The van der Waals surface area contributed by atoms with Crippen LogP contribution in [-0.2, 0) is 0 Å². The van der Waals surface area contributed by atoms with E-state index in [1.54, 1.807) is 36.4 Å². The van der Waals surface area contributed by atoms with Crippen molar-refractivity contribution in [3.8, 4) is 0 Å². The van der Waals surface area contributed by atoms with Crippen molar-refractivity contribution in [2.45, 2.75) is 0 Å². The summed E-state index contributed by atoms with van der Waals surface area (Å²) in [6.45, 7) is 0. The minimum Gasteiger partial charge on any atom is -0.545 e. The zero-order chi connectivity index (χ0) is 22.7. The van der Waals surface area contributed by atoms with Crippen LogP contribution in [0.1, 0.15) is 31.1 Å². The Hall–Kier alpha value is -2.18. The molecule has 0 aliphatic rings. The van der Waals surface area contributed by atoms with Crippen LogP contribution in [0.5, 0.6) is 0 Å². The van der Waals surface area contributed by atoms with Gasteiger partial charge in [0.15, 0.2) is 0 Å². The molecule has 10 heteroatoms. The molecule has 3 aromatic rings. The molecule has 158 valence electrons. The van der Waals surface area contributed by atoms with E-state index in [0.717, 1.165) is 0 Å². The summed E-state index contributed by atoms with van der Waals surface area (Å²) in [7, 11) is 0. The molecule has 0 heterocycles. The maximum absolute atomic E-state index is 10.2. The minimum atomic E-state index is -1.24. The van der Waals surface area contributed by atoms with E-state index < -0.39 is 17.9 Å². The number of carbonyl (C=O) groups is 3. The molecule has 3 rings (SSSR count). The van der Waals surface area contributed by atoms with Crippen molar-refractivity contribution in [2.24, 2.45) is 0 Å². The van der Waals surface area contributed by atoms with E-state index in [1.807, 2.05) is 0 Å². The standard InChI is InChI=1S/3C7H5ClO2.Bi/c3*8-6-4-2-1-3-5(6)7(9)10;/h3*1-4H,(H,9,10);/q;;;+3/p-3. The Kier molecular flexibility index (Phi) is 13.7.